The van der Waals surface area contributed by atoms with Gasteiger partial charge in [-0.25, -0.2) is 9.07 Å². The van der Waals surface area contributed by atoms with Crippen molar-refractivity contribution in [3.63, 3.8) is 0 Å². The zero-order valence-electron chi connectivity index (χ0n) is 19.7. The van der Waals surface area contributed by atoms with Crippen molar-refractivity contribution >= 4 is 33.4 Å². The number of nitrogens with one attached hydrogen (secondary N) is 1. The van der Waals surface area contributed by atoms with Gasteiger partial charge in [0, 0.05) is 34.0 Å². The average molecular weight is 561 g/mol. The van der Waals surface area contributed by atoms with Gasteiger partial charge in [-0.3, -0.25) is 9.59 Å². The molecule has 0 radical (unpaired) electrons. The summed E-state index contributed by atoms with van der Waals surface area (Å²) < 4.78 is 22.3. The summed E-state index contributed by atoms with van der Waals surface area (Å²) in [5, 5.41) is 7.64. The first-order valence-electron chi connectivity index (χ1n) is 11.9. The van der Waals surface area contributed by atoms with Gasteiger partial charge in [0.05, 0.1) is 12.1 Å². The normalized spacial score (nSPS) is 16.8. The number of anilines is 1. The third-order valence-electron chi connectivity index (χ3n) is 6.62. The van der Waals surface area contributed by atoms with Crippen molar-refractivity contribution in [3.8, 4) is 16.9 Å². The van der Waals surface area contributed by atoms with E-state index in [1.165, 1.54) is 12.1 Å². The minimum atomic E-state index is -0.630. The Kier molecular flexibility index (Phi) is 6.10. The molecule has 1 N–H and O–H groups in total. The van der Waals surface area contributed by atoms with Crippen molar-refractivity contribution in [3.05, 3.63) is 99.9 Å². The molecular formula is C28H22BrFN4O3. The van der Waals surface area contributed by atoms with E-state index < -0.39 is 6.23 Å². The van der Waals surface area contributed by atoms with Crippen molar-refractivity contribution in [1.82, 2.24) is 14.7 Å². The van der Waals surface area contributed by atoms with Crippen LogP contribution in [0.1, 0.15) is 22.9 Å². The molecule has 0 unspecified atom stereocenters. The van der Waals surface area contributed by atoms with Crippen LogP contribution in [0, 0.1) is 5.82 Å². The number of halogens is 2. The lowest BCUT2D eigenvalue weighted by molar-refractivity contribution is -0.128. The molecule has 0 spiro atoms. The van der Waals surface area contributed by atoms with E-state index in [4.69, 9.17) is 9.84 Å². The van der Waals surface area contributed by atoms with Crippen LogP contribution in [0.5, 0.6) is 0 Å². The monoisotopic (exact) mass is 560 g/mol. The summed E-state index contributed by atoms with van der Waals surface area (Å²) in [6.45, 7) is 0.412. The van der Waals surface area contributed by atoms with Crippen LogP contribution >= 0.6 is 15.9 Å². The van der Waals surface area contributed by atoms with Crippen LogP contribution in [0.4, 0.5) is 10.1 Å². The summed E-state index contributed by atoms with van der Waals surface area (Å²) in [6, 6.07) is 19.7. The number of rotatable bonds is 6. The molecule has 6 rings (SSSR count). The lowest BCUT2D eigenvalue weighted by atomic mass is 10.0. The van der Waals surface area contributed by atoms with Gasteiger partial charge in [-0.05, 0) is 72.1 Å². The fraction of sp³-hybridized carbons (Fsp3) is 0.179. The van der Waals surface area contributed by atoms with E-state index in [0.29, 0.717) is 25.1 Å². The van der Waals surface area contributed by atoms with Crippen LogP contribution in [0.2, 0.25) is 0 Å². The van der Waals surface area contributed by atoms with Crippen LogP contribution < -0.4 is 5.32 Å². The zero-order chi connectivity index (χ0) is 25.5. The van der Waals surface area contributed by atoms with E-state index in [9.17, 15) is 14.0 Å². The lowest BCUT2D eigenvalue weighted by Crippen LogP contribution is -2.30. The highest BCUT2D eigenvalue weighted by atomic mass is 79.9. The highest BCUT2D eigenvalue weighted by Crippen LogP contribution is 2.36. The fourth-order valence-corrected chi connectivity index (χ4v) is 5.03. The maximum atomic E-state index is 13.7. The standard InChI is InChI=1S/C28H22BrFN4O3/c29-20-4-8-22(9-5-20)34-15-23(27(32-34)18-2-6-21(30)7-3-18)28-33(26(36)16-37-28)12-11-17-1-10-24-19(13-17)14-25(35)31-24/h1-10,13,15,28H,11-12,14,16H2,(H,31,35)/t28-/m0/s1. The number of hydrogen-bond donors (Lipinski definition) is 1. The number of aromatic nitrogens is 2. The van der Waals surface area contributed by atoms with Gasteiger partial charge >= 0.3 is 0 Å². The van der Waals surface area contributed by atoms with Gasteiger partial charge < -0.3 is 15.0 Å². The Balaban J connectivity index is 1.32. The van der Waals surface area contributed by atoms with Crippen molar-refractivity contribution < 1.29 is 18.7 Å². The number of benzene rings is 3. The Morgan fingerprint density at radius 1 is 1.05 bits per heavy atom. The van der Waals surface area contributed by atoms with Crippen molar-refractivity contribution in [2.75, 3.05) is 18.5 Å². The van der Waals surface area contributed by atoms with E-state index in [0.717, 1.165) is 38.1 Å². The zero-order valence-corrected chi connectivity index (χ0v) is 21.2. The number of carbonyl (C=O) groups excluding carboxylic acids is 2. The summed E-state index contributed by atoms with van der Waals surface area (Å²) >= 11 is 3.46. The molecule has 9 heteroatoms. The number of ether oxygens (including phenoxy) is 1. The predicted molar refractivity (Wildman–Crippen MR) is 140 cm³/mol. The third-order valence-corrected chi connectivity index (χ3v) is 7.15. The van der Waals surface area contributed by atoms with Crippen LogP contribution in [0.15, 0.2) is 77.4 Å². The summed E-state index contributed by atoms with van der Waals surface area (Å²) in [5.74, 6) is -0.450. The molecule has 1 atom stereocenters. The summed E-state index contributed by atoms with van der Waals surface area (Å²) in [7, 11) is 0. The first-order chi connectivity index (χ1) is 17.9. The van der Waals surface area contributed by atoms with Gasteiger partial charge in [0.1, 0.15) is 18.1 Å². The Morgan fingerprint density at radius 2 is 1.84 bits per heavy atom. The largest absolute Gasteiger partial charge is 0.344 e. The van der Waals surface area contributed by atoms with Gasteiger partial charge in [-0.1, -0.05) is 28.1 Å². The van der Waals surface area contributed by atoms with Crippen molar-refractivity contribution in [2.24, 2.45) is 0 Å². The molecule has 1 aromatic heterocycles. The van der Waals surface area contributed by atoms with E-state index in [1.807, 2.05) is 48.7 Å². The molecule has 1 fully saturated rings. The van der Waals surface area contributed by atoms with E-state index in [-0.39, 0.29) is 24.2 Å². The van der Waals surface area contributed by atoms with E-state index >= 15 is 0 Å². The maximum Gasteiger partial charge on any atom is 0.250 e. The predicted octanol–water partition coefficient (Wildman–Crippen LogP) is 5.04. The molecule has 7 nitrogen and oxygen atoms in total. The van der Waals surface area contributed by atoms with Gasteiger partial charge in [0.25, 0.3) is 5.91 Å². The Hall–Kier alpha value is -3.82. The van der Waals surface area contributed by atoms with Gasteiger partial charge in [-0.15, -0.1) is 0 Å². The minimum absolute atomic E-state index is 0.00792. The third kappa shape index (κ3) is 4.68. The maximum absolute atomic E-state index is 13.7. The van der Waals surface area contributed by atoms with Crippen LogP contribution in [-0.2, 0) is 27.2 Å². The van der Waals surface area contributed by atoms with Crippen LogP contribution in [0.3, 0.4) is 0 Å². The highest BCUT2D eigenvalue weighted by Gasteiger charge is 2.36. The lowest BCUT2D eigenvalue weighted by Gasteiger charge is -2.23. The molecule has 2 aliphatic rings. The quantitative estimate of drug-likeness (QED) is 0.358. The Bertz CT molecular complexity index is 1500. The first kappa shape index (κ1) is 23.6. The average Bonchev–Trinajstić information content (AvgIpc) is 3.59. The van der Waals surface area contributed by atoms with Crippen molar-refractivity contribution in [1.29, 1.82) is 0 Å². The molecule has 1 saturated heterocycles. The van der Waals surface area contributed by atoms with Crippen molar-refractivity contribution in [2.45, 2.75) is 19.1 Å². The molecule has 0 saturated carbocycles. The topological polar surface area (TPSA) is 76.5 Å². The summed E-state index contributed by atoms with van der Waals surface area (Å²) in [6.07, 6.45) is 2.22. The second kappa shape index (κ2) is 9.57. The second-order valence-electron chi connectivity index (χ2n) is 9.08. The number of carbonyl (C=O) groups is 2. The molecule has 2 amide bonds. The minimum Gasteiger partial charge on any atom is -0.344 e. The number of fused-ring (bicyclic) bond motifs is 1. The van der Waals surface area contributed by atoms with Crippen LogP contribution in [-0.4, -0.2) is 39.6 Å². The smallest absolute Gasteiger partial charge is 0.250 e. The molecular weight excluding hydrogens is 539 g/mol. The molecule has 3 heterocycles. The second-order valence-corrected chi connectivity index (χ2v) is 9.99. The van der Waals surface area contributed by atoms with E-state index in [2.05, 4.69) is 21.2 Å². The van der Waals surface area contributed by atoms with Crippen LogP contribution in [0.25, 0.3) is 16.9 Å². The molecule has 2 aliphatic heterocycles. The van der Waals surface area contributed by atoms with Gasteiger partial charge in [0.15, 0.2) is 6.23 Å². The summed E-state index contributed by atoms with van der Waals surface area (Å²) in [4.78, 5) is 26.3. The van der Waals surface area contributed by atoms with Gasteiger partial charge in [-0.2, -0.15) is 5.10 Å². The fourth-order valence-electron chi connectivity index (χ4n) is 4.77. The molecule has 0 bridgehead atoms. The summed E-state index contributed by atoms with van der Waals surface area (Å²) in [5.41, 5.74) is 5.77. The first-order valence-corrected chi connectivity index (χ1v) is 12.7. The number of amides is 2. The number of hydrogen-bond acceptors (Lipinski definition) is 4. The Morgan fingerprint density at radius 3 is 2.62 bits per heavy atom. The highest BCUT2D eigenvalue weighted by molar-refractivity contribution is 9.10. The molecule has 3 aromatic carbocycles. The van der Waals surface area contributed by atoms with Gasteiger partial charge in [0.2, 0.25) is 5.91 Å². The molecule has 37 heavy (non-hydrogen) atoms. The molecule has 186 valence electrons. The molecule has 4 aromatic rings. The SMILES string of the molecule is O=C1Cc2cc(CCN3C(=O)CO[C@H]3c3cn(-c4ccc(Br)cc4)nc3-c3ccc(F)cc3)ccc2N1. The van der Waals surface area contributed by atoms with E-state index in [1.54, 1.807) is 21.7 Å². The molecule has 0 aliphatic carbocycles. The Labute approximate surface area is 221 Å². The number of nitrogens with zero attached hydrogens (tertiary/aromatic N) is 3.